The van der Waals surface area contributed by atoms with E-state index < -0.39 is 0 Å². The summed E-state index contributed by atoms with van der Waals surface area (Å²) in [5, 5.41) is 8.06. The molecule has 0 amide bonds. The van der Waals surface area contributed by atoms with Gasteiger partial charge in [-0.1, -0.05) is 24.3 Å². The van der Waals surface area contributed by atoms with Gasteiger partial charge in [0.1, 0.15) is 0 Å². The maximum Gasteiger partial charge on any atom is 0.0929 e. The molecule has 0 saturated carbocycles. The monoisotopic (exact) mass is 268 g/mol. The van der Waals surface area contributed by atoms with Gasteiger partial charge < -0.3 is 4.90 Å². The minimum Gasteiger partial charge on any atom is -0.304 e. The van der Waals surface area contributed by atoms with E-state index in [9.17, 15) is 0 Å². The van der Waals surface area contributed by atoms with E-state index in [4.69, 9.17) is 0 Å². The Hall–Kier alpha value is -1.78. The van der Waals surface area contributed by atoms with Crippen molar-refractivity contribution in [3.05, 3.63) is 48.2 Å². The molecule has 0 radical (unpaired) electrons. The molecule has 0 aliphatic carbocycles. The van der Waals surface area contributed by atoms with Crippen LogP contribution in [0.1, 0.15) is 5.56 Å². The largest absolute Gasteiger partial charge is 0.304 e. The van der Waals surface area contributed by atoms with E-state index in [0.29, 0.717) is 0 Å². The number of benzene rings is 1. The lowest BCUT2D eigenvalue weighted by molar-refractivity contribution is 0.148. The van der Waals surface area contributed by atoms with Crippen molar-refractivity contribution in [1.29, 1.82) is 0 Å². The van der Waals surface area contributed by atoms with Gasteiger partial charge >= 0.3 is 0 Å². The smallest absolute Gasteiger partial charge is 0.0929 e. The van der Waals surface area contributed by atoms with Gasteiger partial charge in [0.05, 0.1) is 5.69 Å². The second kappa shape index (κ2) is 6.11. The predicted octanol–water partition coefficient (Wildman–Crippen LogP) is 1.89. The summed E-state index contributed by atoms with van der Waals surface area (Å²) in [7, 11) is 2.19. The van der Waals surface area contributed by atoms with Crippen LogP contribution in [0.5, 0.6) is 0 Å². The highest BCUT2D eigenvalue weighted by molar-refractivity contribution is 5.58. The zero-order valence-corrected chi connectivity index (χ0v) is 11.9. The van der Waals surface area contributed by atoms with Crippen LogP contribution in [0.15, 0.2) is 42.6 Å². The van der Waals surface area contributed by atoms with Crippen LogP contribution in [0.3, 0.4) is 0 Å². The first-order chi connectivity index (χ1) is 9.81. The average molecular weight is 268 g/mol. The molecule has 0 atom stereocenters. The molecule has 1 aliphatic heterocycles. The lowest BCUT2D eigenvalue weighted by Gasteiger charge is -2.32. The van der Waals surface area contributed by atoms with Crippen LogP contribution in [0.25, 0.3) is 11.3 Å². The Kier molecular flexibility index (Phi) is 4.04. The van der Waals surface area contributed by atoms with Crippen LogP contribution in [0.4, 0.5) is 0 Å². The van der Waals surface area contributed by atoms with Gasteiger partial charge in [-0.05, 0) is 24.7 Å². The van der Waals surface area contributed by atoms with Crippen LogP contribution in [0.2, 0.25) is 0 Å². The fourth-order valence-electron chi connectivity index (χ4n) is 2.50. The van der Waals surface area contributed by atoms with E-state index in [1.54, 1.807) is 6.20 Å². The molecule has 1 aromatic carbocycles. The van der Waals surface area contributed by atoms with Crippen molar-refractivity contribution in [2.75, 3.05) is 33.2 Å². The number of rotatable bonds is 3. The van der Waals surface area contributed by atoms with Gasteiger partial charge in [-0.2, -0.15) is 10.2 Å². The highest BCUT2D eigenvalue weighted by Gasteiger charge is 2.13. The third-order valence-electron chi connectivity index (χ3n) is 3.82. The highest BCUT2D eigenvalue weighted by atomic mass is 15.2. The fraction of sp³-hybridized carbons (Fsp3) is 0.375. The Morgan fingerprint density at radius 2 is 1.75 bits per heavy atom. The lowest BCUT2D eigenvalue weighted by Crippen LogP contribution is -2.43. The van der Waals surface area contributed by atoms with E-state index in [-0.39, 0.29) is 0 Å². The summed E-state index contributed by atoms with van der Waals surface area (Å²) in [6.45, 7) is 5.68. The Morgan fingerprint density at radius 1 is 1.00 bits per heavy atom. The maximum absolute atomic E-state index is 4.14. The van der Waals surface area contributed by atoms with E-state index in [2.05, 4.69) is 51.3 Å². The average Bonchev–Trinajstić information content (AvgIpc) is 2.51. The minimum absolute atomic E-state index is 0.929. The van der Waals surface area contributed by atoms with Crippen molar-refractivity contribution >= 4 is 0 Å². The van der Waals surface area contributed by atoms with Crippen LogP contribution in [-0.4, -0.2) is 53.2 Å². The summed E-state index contributed by atoms with van der Waals surface area (Å²) in [5.41, 5.74) is 3.42. The minimum atomic E-state index is 0.929. The zero-order chi connectivity index (χ0) is 13.8. The molecule has 0 spiro atoms. The fourth-order valence-corrected chi connectivity index (χ4v) is 2.50. The summed E-state index contributed by atoms with van der Waals surface area (Å²) >= 11 is 0. The van der Waals surface area contributed by atoms with E-state index in [0.717, 1.165) is 44.0 Å². The molecule has 4 nitrogen and oxygen atoms in total. The van der Waals surface area contributed by atoms with Crippen molar-refractivity contribution in [1.82, 2.24) is 20.0 Å². The van der Waals surface area contributed by atoms with Crippen molar-refractivity contribution in [2.24, 2.45) is 0 Å². The summed E-state index contributed by atoms with van der Waals surface area (Å²) < 4.78 is 0. The molecule has 2 aromatic rings. The molecule has 20 heavy (non-hydrogen) atoms. The predicted molar refractivity (Wildman–Crippen MR) is 80.2 cm³/mol. The van der Waals surface area contributed by atoms with E-state index >= 15 is 0 Å². The summed E-state index contributed by atoms with van der Waals surface area (Å²) in [6, 6.07) is 12.6. The first-order valence-corrected chi connectivity index (χ1v) is 7.09. The third kappa shape index (κ3) is 3.21. The van der Waals surface area contributed by atoms with Crippen LogP contribution in [-0.2, 0) is 6.54 Å². The second-order valence-electron chi connectivity index (χ2n) is 5.39. The van der Waals surface area contributed by atoms with Crippen LogP contribution in [0, 0.1) is 0 Å². The Morgan fingerprint density at radius 3 is 2.40 bits per heavy atom. The molecular weight excluding hydrogens is 248 g/mol. The zero-order valence-electron chi connectivity index (χ0n) is 11.9. The van der Waals surface area contributed by atoms with Gasteiger partial charge in [-0.3, -0.25) is 4.90 Å². The molecule has 1 saturated heterocycles. The molecular formula is C16H20N4. The normalized spacial score (nSPS) is 17.2. The first-order valence-electron chi connectivity index (χ1n) is 7.09. The molecule has 2 heterocycles. The van der Waals surface area contributed by atoms with Crippen LogP contribution >= 0.6 is 0 Å². The SMILES string of the molecule is CN1CCN(Cc2ccc(-c3cccnn3)cc2)CC1. The van der Waals surface area contributed by atoms with Crippen molar-refractivity contribution in [2.45, 2.75) is 6.54 Å². The summed E-state index contributed by atoms with van der Waals surface area (Å²) in [4.78, 5) is 4.89. The molecule has 0 unspecified atom stereocenters. The van der Waals surface area contributed by atoms with E-state index in [1.807, 2.05) is 12.1 Å². The van der Waals surface area contributed by atoms with Crippen molar-refractivity contribution in [3.8, 4) is 11.3 Å². The number of aromatic nitrogens is 2. The Bertz CT molecular complexity index is 530. The Balaban J connectivity index is 1.65. The van der Waals surface area contributed by atoms with Crippen molar-refractivity contribution < 1.29 is 0 Å². The maximum atomic E-state index is 4.14. The number of nitrogens with zero attached hydrogens (tertiary/aromatic N) is 4. The molecule has 1 fully saturated rings. The van der Waals surface area contributed by atoms with Gasteiger partial charge in [0, 0.05) is 44.5 Å². The quantitative estimate of drug-likeness (QED) is 0.851. The van der Waals surface area contributed by atoms with Gasteiger partial charge in [0.2, 0.25) is 0 Å². The van der Waals surface area contributed by atoms with Gasteiger partial charge in [0.15, 0.2) is 0 Å². The van der Waals surface area contributed by atoms with Gasteiger partial charge in [-0.15, -0.1) is 0 Å². The topological polar surface area (TPSA) is 32.3 Å². The first kappa shape index (κ1) is 13.2. The molecule has 3 rings (SSSR count). The molecule has 1 aliphatic rings. The number of likely N-dealkylation sites (N-methyl/N-ethyl adjacent to an activating group) is 1. The van der Waals surface area contributed by atoms with E-state index in [1.165, 1.54) is 5.56 Å². The van der Waals surface area contributed by atoms with Crippen LogP contribution < -0.4 is 0 Å². The molecule has 104 valence electrons. The number of hydrogen-bond acceptors (Lipinski definition) is 4. The molecule has 0 N–H and O–H groups in total. The summed E-state index contributed by atoms with van der Waals surface area (Å²) in [5.74, 6) is 0. The standard InChI is InChI=1S/C16H20N4/c1-19-9-11-20(12-10-19)13-14-4-6-15(7-5-14)16-3-2-8-17-18-16/h2-8H,9-13H2,1H3. The number of piperazine rings is 1. The third-order valence-corrected chi connectivity index (χ3v) is 3.82. The number of hydrogen-bond donors (Lipinski definition) is 0. The Labute approximate surface area is 120 Å². The second-order valence-corrected chi connectivity index (χ2v) is 5.39. The molecule has 0 bridgehead atoms. The highest BCUT2D eigenvalue weighted by Crippen LogP contribution is 2.17. The summed E-state index contributed by atoms with van der Waals surface area (Å²) in [6.07, 6.45) is 1.70. The molecule has 4 heteroatoms. The van der Waals surface area contributed by atoms with Gasteiger partial charge in [0.25, 0.3) is 0 Å². The van der Waals surface area contributed by atoms with Crippen molar-refractivity contribution in [3.63, 3.8) is 0 Å². The lowest BCUT2D eigenvalue weighted by atomic mass is 10.1. The van der Waals surface area contributed by atoms with Gasteiger partial charge in [-0.25, -0.2) is 0 Å². The molecule has 1 aromatic heterocycles.